The van der Waals surface area contributed by atoms with Gasteiger partial charge in [-0.2, -0.15) is 4.98 Å². The van der Waals surface area contributed by atoms with E-state index in [9.17, 15) is 4.79 Å². The lowest BCUT2D eigenvalue weighted by molar-refractivity contribution is -0.118. The molecule has 6 nitrogen and oxygen atoms in total. The summed E-state index contributed by atoms with van der Waals surface area (Å²) in [4.78, 5) is 22.0. The molecule has 4 N–H and O–H groups in total. The Morgan fingerprint density at radius 1 is 1.53 bits per heavy atom. The molecule has 2 aromatic rings. The molecule has 0 fully saturated rings. The quantitative estimate of drug-likeness (QED) is 0.775. The molecule has 0 aliphatic carbocycles. The summed E-state index contributed by atoms with van der Waals surface area (Å²) in [6.45, 7) is 6.44. The summed E-state index contributed by atoms with van der Waals surface area (Å²) in [5.74, 6) is 0.774. The summed E-state index contributed by atoms with van der Waals surface area (Å²) in [6, 6.07) is 1.53. The Bertz CT molecular complexity index is 609. The molecule has 2 aromatic heterocycles. The van der Waals surface area contributed by atoms with Gasteiger partial charge in [0.1, 0.15) is 16.7 Å². The van der Waals surface area contributed by atoms with Crippen molar-refractivity contribution < 1.29 is 4.79 Å². The molecule has 0 saturated heterocycles. The SMILES string of the molecule is CCNc1nc(NC(C)C(N)=O)c2cc(C)sc2n1. The summed E-state index contributed by atoms with van der Waals surface area (Å²) in [7, 11) is 0. The standard InChI is InChI=1S/C12H17N5OS/c1-4-14-12-16-10(15-7(3)9(13)18)8-5-6(2)19-11(8)17-12/h5,7H,4H2,1-3H3,(H2,13,18)(H2,14,15,16,17). The molecule has 19 heavy (non-hydrogen) atoms. The maximum Gasteiger partial charge on any atom is 0.239 e. The third kappa shape index (κ3) is 2.93. The van der Waals surface area contributed by atoms with Crippen LogP contribution in [-0.4, -0.2) is 28.5 Å². The first-order valence-electron chi connectivity index (χ1n) is 6.09. The van der Waals surface area contributed by atoms with Crippen molar-refractivity contribution >= 4 is 39.2 Å². The largest absolute Gasteiger partial charge is 0.368 e. The monoisotopic (exact) mass is 279 g/mol. The van der Waals surface area contributed by atoms with Crippen molar-refractivity contribution in [1.82, 2.24) is 9.97 Å². The molecule has 0 saturated carbocycles. The van der Waals surface area contributed by atoms with Crippen LogP contribution in [-0.2, 0) is 4.79 Å². The van der Waals surface area contributed by atoms with E-state index in [1.54, 1.807) is 18.3 Å². The highest BCUT2D eigenvalue weighted by molar-refractivity contribution is 7.18. The average Bonchev–Trinajstić information content (AvgIpc) is 2.70. The van der Waals surface area contributed by atoms with Gasteiger partial charge in [0.05, 0.1) is 5.39 Å². The molecule has 1 atom stereocenters. The van der Waals surface area contributed by atoms with Crippen molar-refractivity contribution in [2.75, 3.05) is 17.2 Å². The van der Waals surface area contributed by atoms with Crippen molar-refractivity contribution in [2.45, 2.75) is 26.8 Å². The fourth-order valence-electron chi connectivity index (χ4n) is 1.67. The third-order valence-electron chi connectivity index (χ3n) is 2.63. The van der Waals surface area contributed by atoms with E-state index in [-0.39, 0.29) is 0 Å². The van der Waals surface area contributed by atoms with Gasteiger partial charge in [-0.25, -0.2) is 4.98 Å². The lowest BCUT2D eigenvalue weighted by Gasteiger charge is -2.12. The van der Waals surface area contributed by atoms with E-state index >= 15 is 0 Å². The molecule has 0 spiro atoms. The number of nitrogens with zero attached hydrogens (tertiary/aromatic N) is 2. The number of rotatable bonds is 5. The van der Waals surface area contributed by atoms with Crippen LogP contribution in [0.5, 0.6) is 0 Å². The number of amides is 1. The molecule has 2 rings (SSSR count). The van der Waals surface area contributed by atoms with E-state index in [4.69, 9.17) is 5.73 Å². The minimum Gasteiger partial charge on any atom is -0.368 e. The van der Waals surface area contributed by atoms with E-state index in [2.05, 4.69) is 20.6 Å². The van der Waals surface area contributed by atoms with E-state index < -0.39 is 11.9 Å². The van der Waals surface area contributed by atoms with Crippen LogP contribution in [0.15, 0.2) is 6.07 Å². The zero-order valence-corrected chi connectivity index (χ0v) is 12.0. The molecular weight excluding hydrogens is 262 g/mol. The Kier molecular flexibility index (Phi) is 3.84. The van der Waals surface area contributed by atoms with Gasteiger partial charge in [-0.15, -0.1) is 11.3 Å². The fraction of sp³-hybridized carbons (Fsp3) is 0.417. The zero-order chi connectivity index (χ0) is 14.0. The summed E-state index contributed by atoms with van der Waals surface area (Å²) in [6.07, 6.45) is 0. The van der Waals surface area contributed by atoms with Crippen LogP contribution in [0.3, 0.4) is 0 Å². The predicted molar refractivity (Wildman–Crippen MR) is 78.6 cm³/mol. The number of hydrogen-bond donors (Lipinski definition) is 3. The number of hydrogen-bond acceptors (Lipinski definition) is 6. The van der Waals surface area contributed by atoms with Gasteiger partial charge in [0.15, 0.2) is 0 Å². The third-order valence-corrected chi connectivity index (χ3v) is 3.58. The van der Waals surface area contributed by atoms with Gasteiger partial charge in [-0.3, -0.25) is 4.79 Å². The predicted octanol–water partition coefficient (Wildman–Crippen LogP) is 1.72. The van der Waals surface area contributed by atoms with Crippen LogP contribution in [0.4, 0.5) is 11.8 Å². The Balaban J connectivity index is 2.46. The van der Waals surface area contributed by atoms with Crippen molar-refractivity contribution in [3.05, 3.63) is 10.9 Å². The molecule has 0 radical (unpaired) electrons. The van der Waals surface area contributed by atoms with Crippen molar-refractivity contribution in [3.63, 3.8) is 0 Å². The van der Waals surface area contributed by atoms with Crippen LogP contribution in [0.25, 0.3) is 10.2 Å². The van der Waals surface area contributed by atoms with Gasteiger partial charge in [-0.05, 0) is 26.8 Å². The average molecular weight is 279 g/mol. The first-order valence-corrected chi connectivity index (χ1v) is 6.90. The molecule has 2 heterocycles. The minimum absolute atomic E-state index is 0.413. The Morgan fingerprint density at radius 2 is 2.26 bits per heavy atom. The van der Waals surface area contributed by atoms with Gasteiger partial charge in [-0.1, -0.05) is 0 Å². The topological polar surface area (TPSA) is 92.9 Å². The fourth-order valence-corrected chi connectivity index (χ4v) is 2.54. The summed E-state index contributed by atoms with van der Waals surface area (Å²) in [5, 5.41) is 7.03. The van der Waals surface area contributed by atoms with Gasteiger partial charge < -0.3 is 16.4 Å². The second-order valence-corrected chi connectivity index (χ2v) is 5.51. The molecule has 1 unspecified atom stereocenters. The normalized spacial score (nSPS) is 12.4. The van der Waals surface area contributed by atoms with E-state index in [0.717, 1.165) is 21.6 Å². The molecular formula is C12H17N5OS. The molecule has 0 aliphatic rings. The summed E-state index contributed by atoms with van der Waals surface area (Å²) >= 11 is 1.59. The number of carbonyl (C=O) groups is 1. The van der Waals surface area contributed by atoms with Crippen molar-refractivity contribution in [2.24, 2.45) is 5.73 Å². The number of anilines is 2. The molecule has 0 bridgehead atoms. The first-order chi connectivity index (χ1) is 9.01. The Labute approximate surface area is 115 Å². The highest BCUT2D eigenvalue weighted by Crippen LogP contribution is 2.29. The number of nitrogens with two attached hydrogens (primary N) is 1. The van der Waals surface area contributed by atoms with E-state index in [0.29, 0.717) is 11.8 Å². The van der Waals surface area contributed by atoms with Crippen molar-refractivity contribution in [3.8, 4) is 0 Å². The number of nitrogens with one attached hydrogen (secondary N) is 2. The van der Waals surface area contributed by atoms with Gasteiger partial charge in [0, 0.05) is 11.4 Å². The maximum atomic E-state index is 11.2. The Hall–Kier alpha value is -1.89. The summed E-state index contributed by atoms with van der Waals surface area (Å²) in [5.41, 5.74) is 5.27. The summed E-state index contributed by atoms with van der Waals surface area (Å²) < 4.78 is 0. The number of primary amides is 1. The lowest BCUT2D eigenvalue weighted by Crippen LogP contribution is -2.32. The smallest absolute Gasteiger partial charge is 0.239 e. The van der Waals surface area contributed by atoms with Crippen LogP contribution in [0.2, 0.25) is 0 Å². The van der Waals surface area contributed by atoms with Gasteiger partial charge in [0.25, 0.3) is 0 Å². The number of aryl methyl sites for hydroxylation is 1. The van der Waals surface area contributed by atoms with Crippen LogP contribution in [0.1, 0.15) is 18.7 Å². The zero-order valence-electron chi connectivity index (χ0n) is 11.2. The molecule has 0 aliphatic heterocycles. The van der Waals surface area contributed by atoms with Gasteiger partial charge in [0.2, 0.25) is 11.9 Å². The van der Waals surface area contributed by atoms with Crippen LogP contribution < -0.4 is 16.4 Å². The maximum absolute atomic E-state index is 11.2. The molecule has 102 valence electrons. The first kappa shape index (κ1) is 13.5. The Morgan fingerprint density at radius 3 is 2.89 bits per heavy atom. The molecule has 1 amide bonds. The lowest BCUT2D eigenvalue weighted by atomic mass is 10.3. The number of aromatic nitrogens is 2. The van der Waals surface area contributed by atoms with Gasteiger partial charge >= 0.3 is 0 Å². The molecule has 0 aromatic carbocycles. The van der Waals surface area contributed by atoms with E-state index in [1.165, 1.54) is 0 Å². The van der Waals surface area contributed by atoms with E-state index in [1.807, 2.05) is 19.9 Å². The number of fused-ring (bicyclic) bond motifs is 1. The number of thiophene rings is 1. The molecule has 7 heteroatoms. The minimum atomic E-state index is -0.479. The van der Waals surface area contributed by atoms with Crippen LogP contribution in [0, 0.1) is 6.92 Å². The number of carbonyl (C=O) groups excluding carboxylic acids is 1. The second-order valence-electron chi connectivity index (χ2n) is 4.27. The second kappa shape index (κ2) is 5.40. The highest BCUT2D eigenvalue weighted by Gasteiger charge is 2.14. The van der Waals surface area contributed by atoms with Crippen molar-refractivity contribution in [1.29, 1.82) is 0 Å². The van der Waals surface area contributed by atoms with Crippen LogP contribution >= 0.6 is 11.3 Å². The highest BCUT2D eigenvalue weighted by atomic mass is 32.1.